The SMILES string of the molecule is COC(=O)c1ccc2nc(C)[nH]c2c1.Cl. The Morgan fingerprint density at radius 1 is 1.47 bits per heavy atom. The lowest BCUT2D eigenvalue weighted by molar-refractivity contribution is 0.0601. The van der Waals surface area contributed by atoms with Crippen molar-refractivity contribution in [3.8, 4) is 0 Å². The number of aromatic nitrogens is 2. The number of methoxy groups -OCH3 is 1. The molecule has 2 rings (SSSR count). The van der Waals surface area contributed by atoms with Crippen LogP contribution in [0.15, 0.2) is 18.2 Å². The second-order valence-corrected chi connectivity index (χ2v) is 3.05. The summed E-state index contributed by atoms with van der Waals surface area (Å²) in [4.78, 5) is 18.5. The number of aryl methyl sites for hydroxylation is 1. The summed E-state index contributed by atoms with van der Waals surface area (Å²) in [6, 6.07) is 5.24. The van der Waals surface area contributed by atoms with Crippen molar-refractivity contribution >= 4 is 29.4 Å². The van der Waals surface area contributed by atoms with E-state index in [1.165, 1.54) is 7.11 Å². The van der Waals surface area contributed by atoms with Crippen LogP contribution in [0.5, 0.6) is 0 Å². The number of fused-ring (bicyclic) bond motifs is 1. The lowest BCUT2D eigenvalue weighted by atomic mass is 10.2. The molecule has 0 unspecified atom stereocenters. The van der Waals surface area contributed by atoms with Gasteiger partial charge in [-0.15, -0.1) is 12.4 Å². The van der Waals surface area contributed by atoms with Crippen molar-refractivity contribution in [1.29, 1.82) is 0 Å². The van der Waals surface area contributed by atoms with E-state index in [9.17, 15) is 4.79 Å². The number of esters is 1. The Kier molecular flexibility index (Phi) is 3.31. The standard InChI is InChI=1S/C10H10N2O2.ClH/c1-6-11-8-4-3-7(10(13)14-2)5-9(8)12-6;/h3-5H,1-2H3,(H,11,12);1H. The molecule has 0 radical (unpaired) electrons. The van der Waals surface area contributed by atoms with Crippen LogP contribution >= 0.6 is 12.4 Å². The number of halogens is 1. The van der Waals surface area contributed by atoms with Crippen LogP contribution in [0.4, 0.5) is 0 Å². The van der Waals surface area contributed by atoms with Crippen molar-refractivity contribution in [2.24, 2.45) is 0 Å². The molecule has 15 heavy (non-hydrogen) atoms. The number of hydrogen-bond donors (Lipinski definition) is 1. The topological polar surface area (TPSA) is 55.0 Å². The van der Waals surface area contributed by atoms with Crippen molar-refractivity contribution in [2.45, 2.75) is 6.92 Å². The highest BCUT2D eigenvalue weighted by atomic mass is 35.5. The molecule has 0 amide bonds. The van der Waals surface area contributed by atoms with Gasteiger partial charge in [-0.1, -0.05) is 0 Å². The van der Waals surface area contributed by atoms with Crippen LogP contribution in [0, 0.1) is 6.92 Å². The van der Waals surface area contributed by atoms with Gasteiger partial charge in [0.15, 0.2) is 0 Å². The van der Waals surface area contributed by atoms with Crippen LogP contribution in [0.3, 0.4) is 0 Å². The number of H-pyrrole nitrogens is 1. The van der Waals surface area contributed by atoms with E-state index < -0.39 is 0 Å². The largest absolute Gasteiger partial charge is 0.465 e. The highest BCUT2D eigenvalue weighted by Crippen LogP contribution is 2.13. The third-order valence-corrected chi connectivity index (χ3v) is 2.02. The average molecular weight is 227 g/mol. The molecule has 1 aromatic carbocycles. The van der Waals surface area contributed by atoms with Gasteiger partial charge in [-0.2, -0.15) is 0 Å². The fourth-order valence-corrected chi connectivity index (χ4v) is 1.38. The minimum Gasteiger partial charge on any atom is -0.465 e. The minimum atomic E-state index is -0.334. The Hall–Kier alpha value is -1.55. The van der Waals surface area contributed by atoms with E-state index in [0.29, 0.717) is 5.56 Å². The summed E-state index contributed by atoms with van der Waals surface area (Å²) in [5.74, 6) is 0.501. The minimum absolute atomic E-state index is 0. The second-order valence-electron chi connectivity index (χ2n) is 3.05. The van der Waals surface area contributed by atoms with E-state index in [2.05, 4.69) is 14.7 Å². The lowest BCUT2D eigenvalue weighted by Crippen LogP contribution is -2.00. The van der Waals surface area contributed by atoms with Crippen LogP contribution in [-0.2, 0) is 4.74 Å². The third kappa shape index (κ3) is 2.10. The van der Waals surface area contributed by atoms with Crippen LogP contribution in [-0.4, -0.2) is 23.0 Å². The van der Waals surface area contributed by atoms with Crippen molar-refractivity contribution < 1.29 is 9.53 Å². The molecule has 5 heteroatoms. The van der Waals surface area contributed by atoms with Gasteiger partial charge in [0.2, 0.25) is 0 Å². The number of carbonyl (C=O) groups excluding carboxylic acids is 1. The molecular weight excluding hydrogens is 216 g/mol. The molecule has 0 saturated heterocycles. The van der Waals surface area contributed by atoms with Crippen molar-refractivity contribution in [3.05, 3.63) is 29.6 Å². The van der Waals surface area contributed by atoms with Gasteiger partial charge in [0, 0.05) is 0 Å². The third-order valence-electron chi connectivity index (χ3n) is 2.02. The van der Waals surface area contributed by atoms with Gasteiger partial charge in [0.25, 0.3) is 0 Å². The van der Waals surface area contributed by atoms with Crippen molar-refractivity contribution in [2.75, 3.05) is 7.11 Å². The molecular formula is C10H11ClN2O2. The number of ether oxygens (including phenoxy) is 1. The van der Waals surface area contributed by atoms with Gasteiger partial charge in [0.1, 0.15) is 5.82 Å². The summed E-state index contributed by atoms with van der Waals surface area (Å²) in [6.45, 7) is 1.87. The molecule has 0 bridgehead atoms. The number of imidazole rings is 1. The normalized spacial score (nSPS) is 9.73. The average Bonchev–Trinajstić information content (AvgIpc) is 2.55. The zero-order chi connectivity index (χ0) is 10.1. The molecule has 0 aliphatic heterocycles. The van der Waals surface area contributed by atoms with Crippen molar-refractivity contribution in [3.63, 3.8) is 0 Å². The summed E-state index contributed by atoms with van der Waals surface area (Å²) in [5.41, 5.74) is 2.24. The van der Waals surface area contributed by atoms with Gasteiger partial charge in [0.05, 0.1) is 23.7 Å². The summed E-state index contributed by atoms with van der Waals surface area (Å²) in [7, 11) is 1.37. The van der Waals surface area contributed by atoms with E-state index in [4.69, 9.17) is 0 Å². The highest BCUT2D eigenvalue weighted by Gasteiger charge is 2.07. The Morgan fingerprint density at radius 3 is 2.87 bits per heavy atom. The smallest absolute Gasteiger partial charge is 0.337 e. The fraction of sp³-hybridized carbons (Fsp3) is 0.200. The van der Waals surface area contributed by atoms with Crippen LogP contribution < -0.4 is 0 Å². The van der Waals surface area contributed by atoms with E-state index in [0.717, 1.165) is 16.9 Å². The van der Waals surface area contributed by atoms with Gasteiger partial charge in [-0.25, -0.2) is 9.78 Å². The zero-order valence-corrected chi connectivity index (χ0v) is 9.22. The highest BCUT2D eigenvalue weighted by molar-refractivity contribution is 5.93. The van der Waals surface area contributed by atoms with Crippen LogP contribution in [0.25, 0.3) is 11.0 Å². The number of carbonyl (C=O) groups is 1. The maximum absolute atomic E-state index is 11.2. The summed E-state index contributed by atoms with van der Waals surface area (Å²) in [6.07, 6.45) is 0. The Morgan fingerprint density at radius 2 is 2.20 bits per heavy atom. The van der Waals surface area contributed by atoms with Crippen molar-refractivity contribution in [1.82, 2.24) is 9.97 Å². The first kappa shape index (κ1) is 11.5. The molecule has 0 aliphatic rings. The molecule has 0 spiro atoms. The number of aromatic amines is 1. The molecule has 0 saturated carbocycles. The first-order valence-corrected chi connectivity index (χ1v) is 4.25. The number of nitrogens with one attached hydrogen (secondary N) is 1. The fourth-order valence-electron chi connectivity index (χ4n) is 1.38. The Balaban J connectivity index is 0.00000112. The van der Waals surface area contributed by atoms with E-state index >= 15 is 0 Å². The molecule has 4 nitrogen and oxygen atoms in total. The second kappa shape index (κ2) is 4.31. The molecule has 2 aromatic rings. The molecule has 0 atom stereocenters. The predicted octanol–water partition coefficient (Wildman–Crippen LogP) is 2.08. The number of hydrogen-bond acceptors (Lipinski definition) is 3. The molecule has 1 aromatic heterocycles. The van der Waals surface area contributed by atoms with Gasteiger partial charge in [-0.05, 0) is 25.1 Å². The van der Waals surface area contributed by atoms with E-state index in [1.54, 1.807) is 18.2 Å². The number of nitrogens with zero attached hydrogens (tertiary/aromatic N) is 1. The van der Waals surface area contributed by atoms with Gasteiger partial charge < -0.3 is 9.72 Å². The molecule has 1 N–H and O–H groups in total. The van der Waals surface area contributed by atoms with E-state index in [-0.39, 0.29) is 18.4 Å². The Bertz CT molecular complexity index is 493. The monoisotopic (exact) mass is 226 g/mol. The first-order valence-electron chi connectivity index (χ1n) is 4.25. The van der Waals surface area contributed by atoms with Gasteiger partial charge in [-0.3, -0.25) is 0 Å². The molecule has 1 heterocycles. The molecule has 0 fully saturated rings. The number of benzene rings is 1. The van der Waals surface area contributed by atoms with Gasteiger partial charge >= 0.3 is 5.97 Å². The lowest BCUT2D eigenvalue weighted by Gasteiger charge is -1.97. The maximum atomic E-state index is 11.2. The maximum Gasteiger partial charge on any atom is 0.337 e. The molecule has 80 valence electrons. The van der Waals surface area contributed by atoms with E-state index in [1.807, 2.05) is 6.92 Å². The summed E-state index contributed by atoms with van der Waals surface area (Å²) >= 11 is 0. The zero-order valence-electron chi connectivity index (χ0n) is 8.40. The quantitative estimate of drug-likeness (QED) is 0.758. The summed E-state index contributed by atoms with van der Waals surface area (Å²) in [5, 5.41) is 0. The number of rotatable bonds is 1. The molecule has 0 aliphatic carbocycles. The first-order chi connectivity index (χ1) is 6.70. The summed E-state index contributed by atoms with van der Waals surface area (Å²) < 4.78 is 4.62. The van der Waals surface area contributed by atoms with Crippen LogP contribution in [0.2, 0.25) is 0 Å². The predicted molar refractivity (Wildman–Crippen MR) is 59.4 cm³/mol. The van der Waals surface area contributed by atoms with Crippen LogP contribution in [0.1, 0.15) is 16.2 Å². The Labute approximate surface area is 93.1 Å².